The van der Waals surface area contributed by atoms with E-state index in [1.54, 1.807) is 11.8 Å². The van der Waals surface area contributed by atoms with Crippen LogP contribution in [-0.2, 0) is 25.8 Å². The summed E-state index contributed by atoms with van der Waals surface area (Å²) in [6, 6.07) is 26.7. The highest BCUT2D eigenvalue weighted by Gasteiger charge is 2.15. The number of halogens is 1. The first-order valence-corrected chi connectivity index (χ1v) is 11.8. The van der Waals surface area contributed by atoms with Gasteiger partial charge in [0.1, 0.15) is 11.6 Å². The molecule has 2 aromatic heterocycles. The van der Waals surface area contributed by atoms with Gasteiger partial charge in [-0.25, -0.2) is 4.98 Å². The van der Waals surface area contributed by atoms with Crippen LogP contribution in [0.4, 0.5) is 0 Å². The topological polar surface area (TPSA) is 48.5 Å². The number of benzene rings is 3. The summed E-state index contributed by atoms with van der Waals surface area (Å²) in [6.07, 6.45) is 0.760. The lowest BCUT2D eigenvalue weighted by atomic mass is 10.1. The molecule has 5 aromatic rings. The van der Waals surface area contributed by atoms with E-state index in [9.17, 15) is 0 Å². The second-order valence-electron chi connectivity index (χ2n) is 7.64. The smallest absolute Gasteiger partial charge is 0.191 e. The van der Waals surface area contributed by atoms with Crippen LogP contribution in [0.5, 0.6) is 0 Å². The zero-order valence-corrected chi connectivity index (χ0v) is 19.2. The van der Waals surface area contributed by atoms with Crippen molar-refractivity contribution in [1.82, 2.24) is 24.3 Å². The number of rotatable bonds is 7. The fraction of sp³-hybridized carbons (Fsp3) is 0.160. The number of hydrogen-bond donors (Lipinski definition) is 0. The second kappa shape index (κ2) is 9.18. The van der Waals surface area contributed by atoms with Crippen molar-refractivity contribution in [1.29, 1.82) is 0 Å². The standard InChI is InChI=1S/C25H22ClN5S/c1-30-23(14-18-8-4-2-5-9-18)28-29-25(30)32-17-24-27-21-15-20(26)12-13-22(21)31(24)16-19-10-6-3-7-11-19/h2-13,15H,14,16-17H2,1H3. The predicted molar refractivity (Wildman–Crippen MR) is 130 cm³/mol. The molecule has 0 bridgehead atoms. The van der Waals surface area contributed by atoms with Crippen LogP contribution < -0.4 is 0 Å². The average molecular weight is 460 g/mol. The third kappa shape index (κ3) is 4.42. The lowest BCUT2D eigenvalue weighted by Crippen LogP contribution is -2.05. The monoisotopic (exact) mass is 459 g/mol. The maximum absolute atomic E-state index is 6.23. The third-order valence-electron chi connectivity index (χ3n) is 5.43. The van der Waals surface area contributed by atoms with Gasteiger partial charge in [-0.2, -0.15) is 0 Å². The Morgan fingerprint density at radius 2 is 1.56 bits per heavy atom. The Kier molecular flexibility index (Phi) is 5.97. The van der Waals surface area contributed by atoms with Gasteiger partial charge in [0.15, 0.2) is 5.16 Å². The van der Waals surface area contributed by atoms with Crippen molar-refractivity contribution in [3.8, 4) is 0 Å². The second-order valence-corrected chi connectivity index (χ2v) is 9.02. The van der Waals surface area contributed by atoms with Gasteiger partial charge in [0, 0.05) is 25.0 Å². The summed E-state index contributed by atoms with van der Waals surface area (Å²) in [5, 5.41) is 10.4. The Labute approximate surface area is 196 Å². The molecule has 0 spiro atoms. The first-order valence-electron chi connectivity index (χ1n) is 10.4. The minimum atomic E-state index is 0.691. The molecular formula is C25H22ClN5S. The molecule has 0 saturated carbocycles. The van der Waals surface area contributed by atoms with Gasteiger partial charge in [-0.15, -0.1) is 10.2 Å². The van der Waals surface area contributed by atoms with Crippen LogP contribution in [0.1, 0.15) is 22.8 Å². The summed E-state index contributed by atoms with van der Waals surface area (Å²) in [7, 11) is 2.02. The largest absolute Gasteiger partial charge is 0.323 e. The van der Waals surface area contributed by atoms with Crippen LogP contribution in [0.25, 0.3) is 11.0 Å². The molecule has 0 unspecified atom stereocenters. The van der Waals surface area contributed by atoms with Crippen molar-refractivity contribution >= 4 is 34.4 Å². The number of nitrogens with zero attached hydrogens (tertiary/aromatic N) is 5. The summed E-state index contributed by atoms with van der Waals surface area (Å²) in [5.41, 5.74) is 4.45. The van der Waals surface area contributed by atoms with Crippen LogP contribution in [0.3, 0.4) is 0 Å². The van der Waals surface area contributed by atoms with Gasteiger partial charge >= 0.3 is 0 Å². The van der Waals surface area contributed by atoms with E-state index >= 15 is 0 Å². The van der Waals surface area contributed by atoms with Crippen LogP contribution >= 0.6 is 23.4 Å². The molecule has 7 heteroatoms. The molecule has 0 aliphatic heterocycles. The number of thioether (sulfide) groups is 1. The van der Waals surface area contributed by atoms with Crippen molar-refractivity contribution in [2.75, 3.05) is 0 Å². The quantitative estimate of drug-likeness (QED) is 0.291. The fourth-order valence-electron chi connectivity index (χ4n) is 3.74. The molecule has 5 nitrogen and oxygen atoms in total. The average Bonchev–Trinajstić information content (AvgIpc) is 3.33. The van der Waals surface area contributed by atoms with E-state index in [-0.39, 0.29) is 0 Å². The molecule has 5 rings (SSSR count). The summed E-state index contributed by atoms with van der Waals surface area (Å²) < 4.78 is 4.33. The highest BCUT2D eigenvalue weighted by Crippen LogP contribution is 2.27. The summed E-state index contributed by atoms with van der Waals surface area (Å²) in [6.45, 7) is 0.757. The minimum absolute atomic E-state index is 0.691. The van der Waals surface area contributed by atoms with Crippen LogP contribution in [-0.4, -0.2) is 24.3 Å². The van der Waals surface area contributed by atoms with Crippen molar-refractivity contribution < 1.29 is 0 Å². The van der Waals surface area contributed by atoms with E-state index in [0.29, 0.717) is 10.8 Å². The molecular weight excluding hydrogens is 438 g/mol. The van der Waals surface area contributed by atoms with Gasteiger partial charge in [-0.3, -0.25) is 0 Å². The van der Waals surface area contributed by atoms with Crippen molar-refractivity contribution in [2.45, 2.75) is 23.9 Å². The minimum Gasteiger partial charge on any atom is -0.323 e. The first-order chi connectivity index (χ1) is 15.7. The Bertz CT molecular complexity index is 1350. The lowest BCUT2D eigenvalue weighted by Gasteiger charge is -2.09. The van der Waals surface area contributed by atoms with Crippen LogP contribution in [0.2, 0.25) is 5.02 Å². The molecule has 2 heterocycles. The molecule has 0 aliphatic carbocycles. The van der Waals surface area contributed by atoms with E-state index < -0.39 is 0 Å². The summed E-state index contributed by atoms with van der Waals surface area (Å²) in [5.74, 6) is 2.63. The predicted octanol–water partition coefficient (Wildman–Crippen LogP) is 5.75. The Morgan fingerprint density at radius 1 is 0.844 bits per heavy atom. The Morgan fingerprint density at radius 3 is 2.31 bits per heavy atom. The Balaban J connectivity index is 1.40. The van der Waals surface area contributed by atoms with E-state index in [1.165, 1.54) is 11.1 Å². The van der Waals surface area contributed by atoms with E-state index in [1.807, 2.05) is 49.5 Å². The molecule has 32 heavy (non-hydrogen) atoms. The molecule has 0 atom stereocenters. The van der Waals surface area contributed by atoms with Crippen molar-refractivity contribution in [3.63, 3.8) is 0 Å². The molecule has 3 aromatic carbocycles. The first kappa shape index (κ1) is 20.8. The molecule has 0 aliphatic rings. The van der Waals surface area contributed by atoms with Crippen LogP contribution in [0.15, 0.2) is 84.0 Å². The van der Waals surface area contributed by atoms with Gasteiger partial charge < -0.3 is 9.13 Å². The molecule has 0 amide bonds. The normalized spacial score (nSPS) is 11.3. The van der Waals surface area contributed by atoms with Gasteiger partial charge in [0.2, 0.25) is 0 Å². The summed E-state index contributed by atoms with van der Waals surface area (Å²) in [4.78, 5) is 4.89. The molecule has 0 saturated heterocycles. The number of fused-ring (bicyclic) bond motifs is 1. The van der Waals surface area contributed by atoms with Crippen LogP contribution in [0, 0.1) is 0 Å². The van der Waals surface area contributed by atoms with Gasteiger partial charge in [-0.1, -0.05) is 84.0 Å². The zero-order chi connectivity index (χ0) is 21.9. The highest BCUT2D eigenvalue weighted by atomic mass is 35.5. The number of hydrogen-bond acceptors (Lipinski definition) is 4. The molecule has 0 radical (unpaired) electrons. The van der Waals surface area contributed by atoms with Crippen molar-refractivity contribution in [2.24, 2.45) is 7.05 Å². The highest BCUT2D eigenvalue weighted by molar-refractivity contribution is 7.98. The van der Waals surface area contributed by atoms with Crippen molar-refractivity contribution in [3.05, 3.63) is 107 Å². The SMILES string of the molecule is Cn1c(Cc2ccccc2)nnc1SCc1nc2cc(Cl)ccc2n1Cc1ccccc1. The van der Waals surface area contributed by atoms with Gasteiger partial charge in [0.05, 0.1) is 16.8 Å². The fourth-order valence-corrected chi connectivity index (χ4v) is 4.78. The van der Waals surface area contributed by atoms with Gasteiger partial charge in [-0.05, 0) is 29.3 Å². The van der Waals surface area contributed by atoms with Gasteiger partial charge in [0.25, 0.3) is 0 Å². The molecule has 160 valence electrons. The Hall–Kier alpha value is -3.09. The molecule has 0 N–H and O–H groups in total. The van der Waals surface area contributed by atoms with E-state index in [0.717, 1.165) is 40.8 Å². The number of aromatic nitrogens is 5. The number of imidazole rings is 1. The van der Waals surface area contributed by atoms with E-state index in [4.69, 9.17) is 16.6 Å². The summed E-state index contributed by atoms with van der Waals surface area (Å²) >= 11 is 7.88. The van der Waals surface area contributed by atoms with E-state index in [2.05, 4.69) is 55.7 Å². The maximum atomic E-state index is 6.23. The third-order valence-corrected chi connectivity index (χ3v) is 6.68. The molecule has 0 fully saturated rings. The zero-order valence-electron chi connectivity index (χ0n) is 17.6. The maximum Gasteiger partial charge on any atom is 0.191 e. The lowest BCUT2D eigenvalue weighted by molar-refractivity contribution is 0.745.